The highest BCUT2D eigenvalue weighted by Gasteiger charge is 2.11. The molecule has 1 rings (SSSR count). The van der Waals surface area contributed by atoms with Gasteiger partial charge in [-0.25, -0.2) is 0 Å². The minimum atomic E-state index is 0.562. The third kappa shape index (κ3) is 6.62. The second kappa shape index (κ2) is 8.50. The second-order valence-corrected chi connectivity index (χ2v) is 5.82. The van der Waals surface area contributed by atoms with E-state index in [0.717, 1.165) is 6.54 Å². The van der Waals surface area contributed by atoms with Crippen molar-refractivity contribution in [2.75, 3.05) is 26.4 Å². The van der Waals surface area contributed by atoms with Gasteiger partial charge in [-0.3, -0.25) is 0 Å². The number of hydrogen-bond donors (Lipinski definition) is 1. The van der Waals surface area contributed by atoms with E-state index in [0.29, 0.717) is 5.37 Å². The summed E-state index contributed by atoms with van der Waals surface area (Å²) in [5.41, 5.74) is 0. The van der Waals surface area contributed by atoms with Crippen molar-refractivity contribution in [2.24, 2.45) is 0 Å². The zero-order valence-electron chi connectivity index (χ0n) is 9.83. The van der Waals surface area contributed by atoms with Gasteiger partial charge in [0.15, 0.2) is 0 Å². The molecule has 1 aliphatic rings. The molecule has 0 spiro atoms. The van der Waals surface area contributed by atoms with Gasteiger partial charge in [-0.1, -0.05) is 25.6 Å². The van der Waals surface area contributed by atoms with E-state index in [9.17, 15) is 0 Å². The van der Waals surface area contributed by atoms with E-state index in [-0.39, 0.29) is 0 Å². The van der Waals surface area contributed by atoms with Crippen LogP contribution in [0.2, 0.25) is 0 Å². The predicted molar refractivity (Wildman–Crippen MR) is 70.6 cm³/mol. The maximum absolute atomic E-state index is 3.27. The fraction of sp³-hybridized carbons (Fsp3) is 0.800. The van der Waals surface area contributed by atoms with Crippen LogP contribution in [0, 0.1) is 0 Å². The average Bonchev–Trinajstić information content (AvgIpc) is 2.54. The molecule has 0 saturated carbocycles. The highest BCUT2D eigenvalue weighted by atomic mass is 32.2. The molecule has 84 valence electrons. The van der Waals surface area contributed by atoms with Crippen molar-refractivity contribution in [3.63, 3.8) is 0 Å². The normalized spacial score (nSPS) is 19.9. The Labute approximate surface area is 96.9 Å². The van der Waals surface area contributed by atoms with E-state index in [1.807, 2.05) is 37.4 Å². The lowest BCUT2D eigenvalue weighted by molar-refractivity contribution is 0.437. The van der Waals surface area contributed by atoms with Gasteiger partial charge >= 0.3 is 0 Å². The van der Waals surface area contributed by atoms with Crippen molar-refractivity contribution in [3.05, 3.63) is 10.4 Å². The van der Waals surface area contributed by atoms with E-state index < -0.39 is 0 Å². The molecule has 1 aliphatic heterocycles. The standard InChI is InChI=1S/C8H16N2S2.C2H6/c1-7-9-6-8(12-7)11-5-4-10(2)3;1-2/h6-7,9H,4-5H2,1-3H3;1-2H3. The maximum atomic E-state index is 3.27. The van der Waals surface area contributed by atoms with E-state index in [4.69, 9.17) is 0 Å². The third-order valence-electron chi connectivity index (χ3n) is 1.51. The van der Waals surface area contributed by atoms with Crippen molar-refractivity contribution in [1.29, 1.82) is 0 Å². The van der Waals surface area contributed by atoms with E-state index >= 15 is 0 Å². The van der Waals surface area contributed by atoms with Gasteiger partial charge < -0.3 is 10.2 Å². The number of thioether (sulfide) groups is 2. The lowest BCUT2D eigenvalue weighted by Gasteiger charge is -2.08. The fourth-order valence-electron chi connectivity index (χ4n) is 0.832. The first-order valence-corrected chi connectivity index (χ1v) is 6.95. The quantitative estimate of drug-likeness (QED) is 0.804. The Morgan fingerprint density at radius 3 is 2.57 bits per heavy atom. The third-order valence-corrected chi connectivity index (χ3v) is 3.78. The predicted octanol–water partition coefficient (Wildman–Crippen LogP) is 2.79. The van der Waals surface area contributed by atoms with Gasteiger partial charge in [-0.05, 0) is 21.0 Å². The Bertz CT molecular complexity index is 170. The minimum Gasteiger partial charge on any atom is -0.378 e. The van der Waals surface area contributed by atoms with Gasteiger partial charge in [0.2, 0.25) is 0 Å². The summed E-state index contributed by atoms with van der Waals surface area (Å²) in [6, 6.07) is 0. The number of hydrogen-bond acceptors (Lipinski definition) is 4. The van der Waals surface area contributed by atoms with Gasteiger partial charge in [0.25, 0.3) is 0 Å². The second-order valence-electron chi connectivity index (χ2n) is 3.04. The monoisotopic (exact) mass is 234 g/mol. The van der Waals surface area contributed by atoms with Crippen molar-refractivity contribution in [3.8, 4) is 0 Å². The van der Waals surface area contributed by atoms with Crippen molar-refractivity contribution >= 4 is 23.5 Å². The Morgan fingerprint density at radius 2 is 2.14 bits per heavy atom. The summed E-state index contributed by atoms with van der Waals surface area (Å²) < 4.78 is 1.42. The van der Waals surface area contributed by atoms with Crippen LogP contribution in [-0.2, 0) is 0 Å². The molecule has 2 nitrogen and oxygen atoms in total. The number of nitrogens with one attached hydrogen (secondary N) is 1. The van der Waals surface area contributed by atoms with Crippen LogP contribution in [-0.4, -0.2) is 36.7 Å². The lowest BCUT2D eigenvalue weighted by atomic mass is 10.7. The minimum absolute atomic E-state index is 0.562. The van der Waals surface area contributed by atoms with Gasteiger partial charge in [-0.15, -0.1) is 11.8 Å². The first-order chi connectivity index (χ1) is 6.68. The van der Waals surface area contributed by atoms with Crippen LogP contribution in [0.3, 0.4) is 0 Å². The first-order valence-electron chi connectivity index (χ1n) is 5.09. The molecule has 0 aromatic rings. The molecule has 1 N–H and O–H groups in total. The number of rotatable bonds is 4. The van der Waals surface area contributed by atoms with Crippen LogP contribution in [0.4, 0.5) is 0 Å². The summed E-state index contributed by atoms with van der Waals surface area (Å²) in [6.45, 7) is 7.33. The molecule has 1 unspecified atom stereocenters. The highest BCUT2D eigenvalue weighted by molar-refractivity contribution is 8.22. The van der Waals surface area contributed by atoms with Crippen LogP contribution in [0.15, 0.2) is 10.4 Å². The van der Waals surface area contributed by atoms with Crippen LogP contribution in [0.25, 0.3) is 0 Å². The summed E-state index contributed by atoms with van der Waals surface area (Å²) in [6.07, 6.45) is 2.12. The van der Waals surface area contributed by atoms with Gasteiger partial charge in [-0.2, -0.15) is 0 Å². The summed E-state index contributed by atoms with van der Waals surface area (Å²) in [7, 11) is 4.22. The Kier molecular flexibility index (Phi) is 8.63. The first kappa shape index (κ1) is 14.2. The molecule has 0 fully saturated rings. The Balaban J connectivity index is 0.000000791. The summed E-state index contributed by atoms with van der Waals surface area (Å²) in [4.78, 5) is 2.21. The van der Waals surface area contributed by atoms with Crippen LogP contribution >= 0.6 is 23.5 Å². The summed E-state index contributed by atoms with van der Waals surface area (Å²) in [5.74, 6) is 1.18. The van der Waals surface area contributed by atoms with E-state index in [1.165, 1.54) is 9.99 Å². The SMILES string of the molecule is CC.CC1NC=C(SCCN(C)C)S1. The van der Waals surface area contributed by atoms with Gasteiger partial charge in [0.05, 0.1) is 9.61 Å². The van der Waals surface area contributed by atoms with Crippen molar-refractivity contribution < 1.29 is 0 Å². The Morgan fingerprint density at radius 1 is 1.50 bits per heavy atom. The molecule has 0 amide bonds. The van der Waals surface area contributed by atoms with Gasteiger partial charge in [0.1, 0.15) is 0 Å². The zero-order valence-corrected chi connectivity index (χ0v) is 11.5. The molecule has 0 aromatic heterocycles. The van der Waals surface area contributed by atoms with E-state index in [1.54, 1.807) is 0 Å². The average molecular weight is 234 g/mol. The lowest BCUT2D eigenvalue weighted by Crippen LogP contribution is -2.14. The van der Waals surface area contributed by atoms with Crippen LogP contribution in [0.1, 0.15) is 20.8 Å². The van der Waals surface area contributed by atoms with Crippen molar-refractivity contribution in [2.45, 2.75) is 26.1 Å². The summed E-state index contributed by atoms with van der Waals surface area (Å²) in [5, 5.41) is 3.84. The van der Waals surface area contributed by atoms with Crippen LogP contribution < -0.4 is 5.32 Å². The molecule has 4 heteroatoms. The molecule has 0 aliphatic carbocycles. The number of nitrogens with zero attached hydrogens (tertiary/aromatic N) is 1. The Hall–Kier alpha value is 0.200. The molecule has 14 heavy (non-hydrogen) atoms. The maximum Gasteiger partial charge on any atom is 0.0741 e. The molecular weight excluding hydrogens is 212 g/mol. The topological polar surface area (TPSA) is 15.3 Å². The molecule has 0 bridgehead atoms. The molecular formula is C10H22N2S2. The molecule has 1 atom stereocenters. The largest absolute Gasteiger partial charge is 0.378 e. The molecule has 0 aromatic carbocycles. The summed E-state index contributed by atoms with van der Waals surface area (Å²) >= 11 is 3.85. The van der Waals surface area contributed by atoms with E-state index in [2.05, 4.69) is 37.4 Å². The van der Waals surface area contributed by atoms with Crippen molar-refractivity contribution in [1.82, 2.24) is 10.2 Å². The highest BCUT2D eigenvalue weighted by Crippen LogP contribution is 2.34. The fourth-order valence-corrected chi connectivity index (χ4v) is 3.22. The molecule has 0 radical (unpaired) electrons. The zero-order chi connectivity index (χ0) is 11.0. The molecule has 0 saturated heterocycles. The van der Waals surface area contributed by atoms with Gasteiger partial charge in [0, 0.05) is 18.5 Å². The van der Waals surface area contributed by atoms with Crippen LogP contribution in [0.5, 0.6) is 0 Å². The molecule has 1 heterocycles. The smallest absolute Gasteiger partial charge is 0.0741 e.